The van der Waals surface area contributed by atoms with Crippen LogP contribution in [0.25, 0.3) is 0 Å². The van der Waals surface area contributed by atoms with Gasteiger partial charge in [0.05, 0.1) is 18.3 Å². The predicted molar refractivity (Wildman–Crippen MR) is 123 cm³/mol. The van der Waals surface area contributed by atoms with Crippen LogP contribution in [0.4, 0.5) is 0 Å². The first-order chi connectivity index (χ1) is 13.4. The second-order valence-electron chi connectivity index (χ2n) is 8.86. The van der Waals surface area contributed by atoms with Crippen molar-refractivity contribution in [3.05, 3.63) is 71.3 Å². The average molecular weight is 418 g/mol. The van der Waals surface area contributed by atoms with Crippen molar-refractivity contribution in [1.29, 1.82) is 0 Å². The fourth-order valence-electron chi connectivity index (χ4n) is 4.37. The molecule has 2 aromatic rings. The Balaban J connectivity index is 0.00000300. The Morgan fingerprint density at radius 1 is 1.10 bits per heavy atom. The summed E-state index contributed by atoms with van der Waals surface area (Å²) in [6.45, 7) is 5.90. The lowest BCUT2D eigenvalue weighted by atomic mass is 9.70. The first-order valence-corrected chi connectivity index (χ1v) is 10.5. The summed E-state index contributed by atoms with van der Waals surface area (Å²) in [4.78, 5) is 2.18. The summed E-state index contributed by atoms with van der Waals surface area (Å²) in [6, 6.07) is 18.9. The summed E-state index contributed by atoms with van der Waals surface area (Å²) >= 11 is 0. The minimum absolute atomic E-state index is 0. The highest BCUT2D eigenvalue weighted by molar-refractivity contribution is 5.85. The second kappa shape index (κ2) is 10.6. The van der Waals surface area contributed by atoms with Gasteiger partial charge in [-0.05, 0) is 56.0 Å². The van der Waals surface area contributed by atoms with Crippen LogP contribution in [0.5, 0.6) is 0 Å². The Bertz CT molecular complexity index is 749. The smallest absolute Gasteiger partial charge is 0.0938 e. The first kappa shape index (κ1) is 23.9. The molecule has 0 heterocycles. The van der Waals surface area contributed by atoms with Crippen LogP contribution in [-0.2, 0) is 16.9 Å². The van der Waals surface area contributed by atoms with E-state index in [0.29, 0.717) is 12.5 Å². The summed E-state index contributed by atoms with van der Waals surface area (Å²) < 4.78 is 6.24. The molecule has 4 heteroatoms. The standard InChI is InChI=1S/C25H35NO2.ClH/c1-19(2)21-11-8-12-22(15-21)25(27)14-13-24(16-23(25)17-26(3)4)28-18-20-9-6-5-7-10-20;/h5-12,15,19,23-24,27H,13-14,16-18H2,1-4H3;1H. The molecule has 160 valence electrons. The zero-order valence-corrected chi connectivity index (χ0v) is 19.0. The van der Waals surface area contributed by atoms with Gasteiger partial charge in [0.15, 0.2) is 0 Å². The van der Waals surface area contributed by atoms with Crippen LogP contribution in [0, 0.1) is 5.92 Å². The van der Waals surface area contributed by atoms with Crippen LogP contribution >= 0.6 is 12.4 Å². The molecule has 3 atom stereocenters. The third-order valence-electron chi connectivity index (χ3n) is 6.04. The Kier molecular flexibility index (Phi) is 8.72. The van der Waals surface area contributed by atoms with Crippen molar-refractivity contribution >= 4 is 12.4 Å². The zero-order valence-electron chi connectivity index (χ0n) is 18.2. The van der Waals surface area contributed by atoms with Gasteiger partial charge in [-0.3, -0.25) is 0 Å². The molecule has 1 N–H and O–H groups in total. The van der Waals surface area contributed by atoms with Crippen LogP contribution in [0.1, 0.15) is 55.7 Å². The van der Waals surface area contributed by atoms with Gasteiger partial charge < -0.3 is 14.7 Å². The van der Waals surface area contributed by atoms with Crippen molar-refractivity contribution in [2.45, 2.75) is 57.3 Å². The van der Waals surface area contributed by atoms with E-state index in [-0.39, 0.29) is 24.4 Å². The van der Waals surface area contributed by atoms with E-state index in [4.69, 9.17) is 4.74 Å². The predicted octanol–water partition coefficient (Wildman–Crippen LogP) is 5.37. The summed E-state index contributed by atoms with van der Waals surface area (Å²) in [5, 5.41) is 11.8. The second-order valence-corrected chi connectivity index (χ2v) is 8.86. The number of hydrogen-bond acceptors (Lipinski definition) is 3. The maximum atomic E-state index is 11.8. The molecule has 29 heavy (non-hydrogen) atoms. The SMILES string of the molecule is CC(C)c1cccc(C2(O)CCC(OCc3ccccc3)CC2CN(C)C)c1.Cl. The largest absolute Gasteiger partial charge is 0.385 e. The molecule has 3 nitrogen and oxygen atoms in total. The molecule has 2 aromatic carbocycles. The lowest BCUT2D eigenvalue weighted by molar-refractivity contribution is -0.110. The minimum atomic E-state index is -0.790. The zero-order chi connectivity index (χ0) is 20.1. The molecule has 0 saturated heterocycles. The molecule has 0 aromatic heterocycles. The van der Waals surface area contributed by atoms with Crippen molar-refractivity contribution in [1.82, 2.24) is 4.90 Å². The van der Waals surface area contributed by atoms with E-state index in [9.17, 15) is 5.11 Å². The van der Waals surface area contributed by atoms with Gasteiger partial charge in [0, 0.05) is 12.5 Å². The monoisotopic (exact) mass is 417 g/mol. The van der Waals surface area contributed by atoms with Gasteiger partial charge in [0.1, 0.15) is 0 Å². The van der Waals surface area contributed by atoms with Gasteiger partial charge in [-0.25, -0.2) is 0 Å². The topological polar surface area (TPSA) is 32.7 Å². The highest BCUT2D eigenvalue weighted by Gasteiger charge is 2.44. The number of nitrogens with zero attached hydrogens (tertiary/aromatic N) is 1. The molecule has 0 aliphatic heterocycles. The molecule has 1 aliphatic carbocycles. The van der Waals surface area contributed by atoms with Gasteiger partial charge in [-0.15, -0.1) is 12.4 Å². The molecule has 3 rings (SSSR count). The summed E-state index contributed by atoms with van der Waals surface area (Å²) in [5.41, 5.74) is 2.77. The molecule has 3 unspecified atom stereocenters. The van der Waals surface area contributed by atoms with Crippen molar-refractivity contribution < 1.29 is 9.84 Å². The van der Waals surface area contributed by atoms with Gasteiger partial charge in [0.25, 0.3) is 0 Å². The normalized spacial score (nSPS) is 24.5. The highest BCUT2D eigenvalue weighted by Crippen LogP contribution is 2.43. The summed E-state index contributed by atoms with van der Waals surface area (Å²) in [5.74, 6) is 0.612. The van der Waals surface area contributed by atoms with Gasteiger partial charge in [-0.1, -0.05) is 68.4 Å². The van der Waals surface area contributed by atoms with E-state index < -0.39 is 5.60 Å². The minimum Gasteiger partial charge on any atom is -0.385 e. The maximum absolute atomic E-state index is 11.8. The first-order valence-electron chi connectivity index (χ1n) is 10.5. The number of aliphatic hydroxyl groups is 1. The fourth-order valence-corrected chi connectivity index (χ4v) is 4.37. The molecule has 0 spiro atoms. The van der Waals surface area contributed by atoms with Crippen LogP contribution in [0.15, 0.2) is 54.6 Å². The van der Waals surface area contributed by atoms with E-state index in [1.165, 1.54) is 11.1 Å². The van der Waals surface area contributed by atoms with Crippen molar-refractivity contribution in [3.63, 3.8) is 0 Å². The third kappa shape index (κ3) is 6.05. The lowest BCUT2D eigenvalue weighted by Gasteiger charge is -2.44. The van der Waals surface area contributed by atoms with Gasteiger partial charge in [-0.2, -0.15) is 0 Å². The molecular weight excluding hydrogens is 382 g/mol. The molecule has 1 saturated carbocycles. The number of hydrogen-bond donors (Lipinski definition) is 1. The average Bonchev–Trinajstić information content (AvgIpc) is 2.69. The van der Waals surface area contributed by atoms with E-state index in [1.807, 2.05) is 6.07 Å². The number of benzene rings is 2. The van der Waals surface area contributed by atoms with E-state index >= 15 is 0 Å². The van der Waals surface area contributed by atoms with Gasteiger partial charge in [0.2, 0.25) is 0 Å². The Labute approximate surface area is 182 Å². The molecule has 0 radical (unpaired) electrons. The highest BCUT2D eigenvalue weighted by atomic mass is 35.5. The molecule has 1 aliphatic rings. The van der Waals surface area contributed by atoms with Gasteiger partial charge >= 0.3 is 0 Å². The van der Waals surface area contributed by atoms with Crippen molar-refractivity contribution in [2.24, 2.45) is 5.92 Å². The molecule has 1 fully saturated rings. The van der Waals surface area contributed by atoms with Crippen molar-refractivity contribution in [3.8, 4) is 0 Å². The van der Waals surface area contributed by atoms with Crippen LogP contribution in [0.3, 0.4) is 0 Å². The number of halogens is 1. The Hall–Kier alpha value is -1.39. The third-order valence-corrected chi connectivity index (χ3v) is 6.04. The number of ether oxygens (including phenoxy) is 1. The maximum Gasteiger partial charge on any atom is 0.0938 e. The quantitative estimate of drug-likeness (QED) is 0.657. The fraction of sp³-hybridized carbons (Fsp3) is 0.520. The molecular formula is C25H36ClNO2. The summed E-state index contributed by atoms with van der Waals surface area (Å²) in [7, 11) is 4.17. The lowest BCUT2D eigenvalue weighted by Crippen LogP contribution is -2.46. The Morgan fingerprint density at radius 3 is 2.48 bits per heavy atom. The summed E-state index contributed by atoms with van der Waals surface area (Å²) in [6.07, 6.45) is 2.71. The van der Waals surface area contributed by atoms with E-state index in [0.717, 1.165) is 31.4 Å². The molecule has 0 bridgehead atoms. The van der Waals surface area contributed by atoms with Crippen LogP contribution in [-0.4, -0.2) is 36.8 Å². The molecule has 0 amide bonds. The van der Waals surface area contributed by atoms with Crippen molar-refractivity contribution in [2.75, 3.05) is 20.6 Å². The van der Waals surface area contributed by atoms with E-state index in [2.05, 4.69) is 81.4 Å². The van der Waals surface area contributed by atoms with E-state index in [1.54, 1.807) is 0 Å². The number of rotatable bonds is 7. The van der Waals surface area contributed by atoms with Crippen LogP contribution < -0.4 is 0 Å². The Morgan fingerprint density at radius 2 is 1.83 bits per heavy atom. The van der Waals surface area contributed by atoms with Crippen LogP contribution in [0.2, 0.25) is 0 Å².